The Balaban J connectivity index is 1.57. The first-order valence-corrected chi connectivity index (χ1v) is 8.17. The molecular formula is C17H20N4O2. The van der Waals surface area contributed by atoms with Crippen LogP contribution in [0.3, 0.4) is 0 Å². The minimum atomic E-state index is -0.253. The van der Waals surface area contributed by atoms with Crippen molar-refractivity contribution in [3.05, 3.63) is 50.7 Å². The van der Waals surface area contributed by atoms with E-state index < -0.39 is 0 Å². The maximum Gasteiger partial charge on any atom is 0.261 e. The predicted octanol–water partition coefficient (Wildman–Crippen LogP) is 1.52. The van der Waals surface area contributed by atoms with Crippen LogP contribution in [-0.4, -0.2) is 39.1 Å². The van der Waals surface area contributed by atoms with Crippen molar-refractivity contribution in [2.75, 3.05) is 13.1 Å². The van der Waals surface area contributed by atoms with Crippen LogP contribution < -0.4 is 5.56 Å². The Hall–Kier alpha value is -2.37. The number of nitrogens with zero attached hydrogens (tertiary/aromatic N) is 2. The van der Waals surface area contributed by atoms with Crippen LogP contribution in [0.4, 0.5) is 0 Å². The van der Waals surface area contributed by atoms with E-state index in [1.165, 1.54) is 0 Å². The molecule has 4 rings (SSSR count). The fourth-order valence-electron chi connectivity index (χ4n) is 3.79. The summed E-state index contributed by atoms with van der Waals surface area (Å²) in [6, 6.07) is 1.80. The summed E-state index contributed by atoms with van der Waals surface area (Å²) in [5, 5.41) is 7.10. The lowest BCUT2D eigenvalue weighted by molar-refractivity contribution is 0.0788. The fraction of sp³-hybridized carbons (Fsp3) is 0.471. The van der Waals surface area contributed by atoms with Crippen molar-refractivity contribution in [1.82, 2.24) is 20.1 Å². The van der Waals surface area contributed by atoms with Crippen molar-refractivity contribution in [1.29, 1.82) is 0 Å². The van der Waals surface area contributed by atoms with Crippen molar-refractivity contribution in [2.24, 2.45) is 0 Å². The molecule has 1 amide bonds. The number of carbonyl (C=O) groups excluding carboxylic acids is 1. The second kappa shape index (κ2) is 5.37. The molecule has 6 heteroatoms. The summed E-state index contributed by atoms with van der Waals surface area (Å²) in [7, 11) is 0. The number of likely N-dealkylation sites (tertiary alicyclic amines) is 1. The lowest BCUT2D eigenvalue weighted by Gasteiger charge is -2.16. The van der Waals surface area contributed by atoms with E-state index in [4.69, 9.17) is 0 Å². The van der Waals surface area contributed by atoms with E-state index in [9.17, 15) is 9.59 Å². The number of carbonyl (C=O) groups is 1. The Labute approximate surface area is 133 Å². The third kappa shape index (κ3) is 2.38. The number of fused-ring (bicyclic) bond motifs is 1. The predicted molar refractivity (Wildman–Crippen MR) is 85.7 cm³/mol. The Morgan fingerprint density at radius 3 is 3.04 bits per heavy atom. The van der Waals surface area contributed by atoms with Crippen LogP contribution in [0, 0.1) is 6.92 Å². The molecule has 120 valence electrons. The topological polar surface area (TPSA) is 81.8 Å². The molecule has 3 heterocycles. The molecule has 2 aromatic rings. The standard InChI is InChI=1S/C17H20N4O2/c1-10-8-18-20-15(10)12-5-6-21(9-12)17(23)13-7-11-3-2-4-14(11)19-16(13)22/h7-8,12H,2-6,9H2,1H3,(H,18,20)(H,19,22)/t12-/m0/s1. The van der Waals surface area contributed by atoms with E-state index in [0.29, 0.717) is 13.1 Å². The SMILES string of the molecule is Cc1cn[nH]c1[C@H]1CCN(C(=O)c2cc3c([nH]c2=O)CCC3)C1. The quantitative estimate of drug-likeness (QED) is 0.882. The van der Waals surface area contributed by atoms with Crippen molar-refractivity contribution in [3.8, 4) is 0 Å². The summed E-state index contributed by atoms with van der Waals surface area (Å²) < 4.78 is 0. The molecule has 2 N–H and O–H groups in total. The molecule has 6 nitrogen and oxygen atoms in total. The number of rotatable bonds is 2. The van der Waals surface area contributed by atoms with Gasteiger partial charge < -0.3 is 9.88 Å². The summed E-state index contributed by atoms with van der Waals surface area (Å²) in [5.41, 5.74) is 4.37. The van der Waals surface area contributed by atoms with Gasteiger partial charge in [-0.3, -0.25) is 14.7 Å². The van der Waals surface area contributed by atoms with Crippen molar-refractivity contribution in [3.63, 3.8) is 0 Å². The zero-order valence-electron chi connectivity index (χ0n) is 13.2. The maximum absolute atomic E-state index is 12.7. The van der Waals surface area contributed by atoms with Crippen LogP contribution >= 0.6 is 0 Å². The Morgan fingerprint density at radius 2 is 2.26 bits per heavy atom. The molecular weight excluding hydrogens is 292 g/mol. The van der Waals surface area contributed by atoms with Crippen LogP contribution in [0.1, 0.15) is 51.6 Å². The minimum Gasteiger partial charge on any atom is -0.338 e. The Bertz CT molecular complexity index is 820. The maximum atomic E-state index is 12.7. The van der Waals surface area contributed by atoms with Crippen LogP contribution in [-0.2, 0) is 12.8 Å². The average Bonchev–Trinajstić information content (AvgIpc) is 3.24. The number of aromatic amines is 2. The number of pyridine rings is 1. The van der Waals surface area contributed by atoms with Gasteiger partial charge in [0.25, 0.3) is 11.5 Å². The number of hydrogen-bond acceptors (Lipinski definition) is 3. The smallest absolute Gasteiger partial charge is 0.261 e. The lowest BCUT2D eigenvalue weighted by atomic mass is 10.0. The van der Waals surface area contributed by atoms with Crippen LogP contribution in [0.15, 0.2) is 17.1 Å². The number of hydrogen-bond donors (Lipinski definition) is 2. The highest BCUT2D eigenvalue weighted by Gasteiger charge is 2.31. The van der Waals surface area contributed by atoms with E-state index in [1.54, 1.807) is 11.0 Å². The normalized spacial score (nSPS) is 20.0. The first-order chi connectivity index (χ1) is 11.1. The van der Waals surface area contributed by atoms with Crippen molar-refractivity contribution in [2.45, 2.75) is 38.5 Å². The van der Waals surface area contributed by atoms with Crippen LogP contribution in [0.2, 0.25) is 0 Å². The lowest BCUT2D eigenvalue weighted by Crippen LogP contribution is -2.33. The zero-order valence-corrected chi connectivity index (χ0v) is 13.2. The first-order valence-electron chi connectivity index (χ1n) is 8.17. The largest absolute Gasteiger partial charge is 0.338 e. The highest BCUT2D eigenvalue weighted by molar-refractivity contribution is 5.94. The molecule has 1 aliphatic heterocycles. The molecule has 1 atom stereocenters. The number of H-pyrrole nitrogens is 2. The Morgan fingerprint density at radius 1 is 1.39 bits per heavy atom. The second-order valence-electron chi connectivity index (χ2n) is 6.57. The fourth-order valence-corrected chi connectivity index (χ4v) is 3.79. The van der Waals surface area contributed by atoms with E-state index in [2.05, 4.69) is 15.2 Å². The molecule has 1 fully saturated rings. The van der Waals surface area contributed by atoms with Gasteiger partial charge in [-0.25, -0.2) is 0 Å². The second-order valence-corrected chi connectivity index (χ2v) is 6.57. The monoisotopic (exact) mass is 312 g/mol. The van der Waals surface area contributed by atoms with E-state index >= 15 is 0 Å². The van der Waals surface area contributed by atoms with Gasteiger partial charge in [-0.15, -0.1) is 0 Å². The highest BCUT2D eigenvalue weighted by Crippen LogP contribution is 2.28. The van der Waals surface area contributed by atoms with Gasteiger partial charge in [0.1, 0.15) is 5.56 Å². The Kier molecular flexibility index (Phi) is 3.32. The van der Waals surface area contributed by atoms with Gasteiger partial charge in [0.15, 0.2) is 0 Å². The highest BCUT2D eigenvalue weighted by atomic mass is 16.2. The summed E-state index contributed by atoms with van der Waals surface area (Å²) in [4.78, 5) is 29.6. The third-order valence-electron chi connectivity index (χ3n) is 5.07. The molecule has 0 bridgehead atoms. The van der Waals surface area contributed by atoms with Crippen molar-refractivity contribution >= 4 is 5.91 Å². The summed E-state index contributed by atoms with van der Waals surface area (Å²) in [6.07, 6.45) is 5.61. The van der Waals surface area contributed by atoms with Crippen molar-refractivity contribution < 1.29 is 4.79 Å². The molecule has 0 unspecified atom stereocenters. The number of amides is 1. The van der Waals surface area contributed by atoms with Gasteiger partial charge in [-0.1, -0.05) is 0 Å². The molecule has 23 heavy (non-hydrogen) atoms. The van der Waals surface area contributed by atoms with Gasteiger partial charge in [0.2, 0.25) is 0 Å². The van der Waals surface area contributed by atoms with E-state index in [1.807, 2.05) is 13.1 Å². The van der Waals surface area contributed by atoms with Gasteiger partial charge in [-0.2, -0.15) is 5.10 Å². The average molecular weight is 312 g/mol. The molecule has 2 aromatic heterocycles. The minimum absolute atomic E-state index is 0.152. The number of nitrogens with one attached hydrogen (secondary N) is 2. The zero-order chi connectivity index (χ0) is 16.0. The van der Waals surface area contributed by atoms with E-state index in [0.717, 1.165) is 48.2 Å². The molecule has 2 aliphatic rings. The van der Waals surface area contributed by atoms with Gasteiger partial charge >= 0.3 is 0 Å². The molecule has 1 aliphatic carbocycles. The molecule has 0 saturated carbocycles. The van der Waals surface area contributed by atoms with Gasteiger partial charge in [0, 0.05) is 30.4 Å². The third-order valence-corrected chi connectivity index (χ3v) is 5.07. The van der Waals surface area contributed by atoms with Crippen LogP contribution in [0.25, 0.3) is 0 Å². The number of aryl methyl sites for hydroxylation is 3. The first kappa shape index (κ1) is 14.2. The molecule has 0 radical (unpaired) electrons. The number of aromatic nitrogens is 3. The summed E-state index contributed by atoms with van der Waals surface area (Å²) in [5.74, 6) is 0.121. The molecule has 1 saturated heterocycles. The van der Waals surface area contributed by atoms with Gasteiger partial charge in [-0.05, 0) is 49.8 Å². The van der Waals surface area contributed by atoms with Gasteiger partial charge in [0.05, 0.1) is 6.20 Å². The molecule has 0 spiro atoms. The van der Waals surface area contributed by atoms with E-state index in [-0.39, 0.29) is 22.9 Å². The summed E-state index contributed by atoms with van der Waals surface area (Å²) in [6.45, 7) is 3.34. The summed E-state index contributed by atoms with van der Waals surface area (Å²) >= 11 is 0. The molecule has 0 aromatic carbocycles. The van der Waals surface area contributed by atoms with Crippen LogP contribution in [0.5, 0.6) is 0 Å².